The Morgan fingerprint density at radius 1 is 1.30 bits per heavy atom. The third-order valence-electron chi connectivity index (χ3n) is 5.42. The number of ether oxygens (including phenoxy) is 1. The van der Waals surface area contributed by atoms with E-state index in [9.17, 15) is 13.2 Å². The molecule has 1 aromatic rings. The highest BCUT2D eigenvalue weighted by Gasteiger charge is 2.41. The van der Waals surface area contributed by atoms with Gasteiger partial charge in [-0.2, -0.15) is 4.31 Å². The van der Waals surface area contributed by atoms with Crippen molar-refractivity contribution in [2.24, 2.45) is 11.7 Å². The standard InChI is InChI=1S/C19H29N3O4S/c1-13-10-22(11-14(2)26-13)27(24,25)17-6-4-5-15(9-17)18(23)21-19(3,12-20)16-7-8-16/h4-6,9,13-14,16H,7-8,10-12,20H2,1-3H3,(H,21,23). The first-order valence-electron chi connectivity index (χ1n) is 9.44. The highest BCUT2D eigenvalue weighted by atomic mass is 32.2. The number of morpholine rings is 1. The first-order valence-corrected chi connectivity index (χ1v) is 10.9. The van der Waals surface area contributed by atoms with Crippen LogP contribution in [0, 0.1) is 5.92 Å². The smallest absolute Gasteiger partial charge is 0.251 e. The highest BCUT2D eigenvalue weighted by molar-refractivity contribution is 7.89. The number of sulfonamides is 1. The molecule has 1 heterocycles. The molecule has 3 unspecified atom stereocenters. The predicted molar refractivity (Wildman–Crippen MR) is 103 cm³/mol. The van der Waals surface area contributed by atoms with E-state index in [4.69, 9.17) is 10.5 Å². The molecule has 3 atom stereocenters. The Morgan fingerprint density at radius 3 is 2.48 bits per heavy atom. The minimum Gasteiger partial charge on any atom is -0.373 e. The fourth-order valence-electron chi connectivity index (χ4n) is 3.65. The van der Waals surface area contributed by atoms with Gasteiger partial charge < -0.3 is 15.8 Å². The largest absolute Gasteiger partial charge is 0.373 e. The van der Waals surface area contributed by atoms with Crippen LogP contribution in [-0.4, -0.2) is 56.0 Å². The molecular formula is C19H29N3O4S. The minimum absolute atomic E-state index is 0.123. The van der Waals surface area contributed by atoms with Crippen molar-refractivity contribution in [1.82, 2.24) is 9.62 Å². The molecule has 1 aliphatic heterocycles. The highest BCUT2D eigenvalue weighted by Crippen LogP contribution is 2.39. The number of amides is 1. The molecule has 1 saturated heterocycles. The summed E-state index contributed by atoms with van der Waals surface area (Å²) in [4.78, 5) is 12.8. The van der Waals surface area contributed by atoms with Gasteiger partial charge in [-0.15, -0.1) is 0 Å². The van der Waals surface area contributed by atoms with Crippen molar-refractivity contribution < 1.29 is 17.9 Å². The molecule has 0 aromatic heterocycles. The van der Waals surface area contributed by atoms with Crippen LogP contribution in [0.5, 0.6) is 0 Å². The van der Waals surface area contributed by atoms with E-state index in [0.29, 0.717) is 31.1 Å². The third-order valence-corrected chi connectivity index (χ3v) is 7.25. The van der Waals surface area contributed by atoms with Crippen molar-refractivity contribution in [3.63, 3.8) is 0 Å². The van der Waals surface area contributed by atoms with Crippen LogP contribution < -0.4 is 11.1 Å². The molecule has 0 radical (unpaired) electrons. The summed E-state index contributed by atoms with van der Waals surface area (Å²) in [5, 5.41) is 3.00. The van der Waals surface area contributed by atoms with Crippen molar-refractivity contribution in [2.75, 3.05) is 19.6 Å². The topological polar surface area (TPSA) is 102 Å². The molecule has 0 spiro atoms. The molecule has 0 bridgehead atoms. The lowest BCUT2D eigenvalue weighted by molar-refractivity contribution is -0.0440. The van der Waals surface area contributed by atoms with Crippen molar-refractivity contribution in [3.8, 4) is 0 Å². The second-order valence-corrected chi connectivity index (χ2v) is 9.90. The Hall–Kier alpha value is -1.48. The Kier molecular flexibility index (Phi) is 5.63. The number of carbonyl (C=O) groups is 1. The summed E-state index contributed by atoms with van der Waals surface area (Å²) >= 11 is 0. The van der Waals surface area contributed by atoms with E-state index < -0.39 is 15.6 Å². The summed E-state index contributed by atoms with van der Waals surface area (Å²) in [7, 11) is -3.69. The summed E-state index contributed by atoms with van der Waals surface area (Å²) in [5.74, 6) is 0.0882. The van der Waals surface area contributed by atoms with Gasteiger partial charge in [-0.25, -0.2) is 8.42 Å². The number of nitrogens with zero attached hydrogens (tertiary/aromatic N) is 1. The van der Waals surface area contributed by atoms with Crippen LogP contribution in [0.2, 0.25) is 0 Å². The van der Waals surface area contributed by atoms with E-state index in [1.807, 2.05) is 20.8 Å². The lowest BCUT2D eigenvalue weighted by Crippen LogP contribution is -2.53. The van der Waals surface area contributed by atoms with Gasteiger partial charge in [-0.1, -0.05) is 6.07 Å². The van der Waals surface area contributed by atoms with E-state index in [1.165, 1.54) is 16.4 Å². The van der Waals surface area contributed by atoms with E-state index in [-0.39, 0.29) is 23.0 Å². The van der Waals surface area contributed by atoms with Gasteiger partial charge in [0.15, 0.2) is 0 Å². The van der Waals surface area contributed by atoms with Gasteiger partial charge in [-0.05, 0) is 57.7 Å². The maximum absolute atomic E-state index is 13.0. The number of carbonyl (C=O) groups excluding carboxylic acids is 1. The third kappa shape index (κ3) is 4.34. The van der Waals surface area contributed by atoms with Crippen molar-refractivity contribution in [2.45, 2.75) is 56.3 Å². The van der Waals surface area contributed by atoms with Crippen LogP contribution in [0.25, 0.3) is 0 Å². The Morgan fingerprint density at radius 2 is 1.93 bits per heavy atom. The summed E-state index contributed by atoms with van der Waals surface area (Å²) in [6.07, 6.45) is 1.77. The van der Waals surface area contributed by atoms with Crippen LogP contribution in [0.3, 0.4) is 0 Å². The van der Waals surface area contributed by atoms with E-state index in [2.05, 4.69) is 5.32 Å². The number of hydrogen-bond donors (Lipinski definition) is 2. The fraction of sp³-hybridized carbons (Fsp3) is 0.632. The molecule has 27 heavy (non-hydrogen) atoms. The zero-order chi connectivity index (χ0) is 19.8. The normalized spacial score (nSPS) is 26.4. The second-order valence-electron chi connectivity index (χ2n) is 7.96. The summed E-state index contributed by atoms with van der Waals surface area (Å²) in [6, 6.07) is 6.20. The lowest BCUT2D eigenvalue weighted by atomic mass is 9.95. The Bertz CT molecular complexity index is 799. The van der Waals surface area contributed by atoms with Crippen molar-refractivity contribution in [1.29, 1.82) is 0 Å². The summed E-state index contributed by atoms with van der Waals surface area (Å²) in [6.45, 7) is 6.61. The SMILES string of the molecule is CC1CN(S(=O)(=O)c2cccc(C(=O)NC(C)(CN)C3CC3)c2)CC(C)O1. The van der Waals surface area contributed by atoms with Gasteiger partial charge >= 0.3 is 0 Å². The average molecular weight is 396 g/mol. The van der Waals surface area contributed by atoms with Crippen molar-refractivity contribution >= 4 is 15.9 Å². The van der Waals surface area contributed by atoms with Gasteiger partial charge in [0.1, 0.15) is 0 Å². The molecule has 1 aliphatic carbocycles. The molecule has 150 valence electrons. The van der Waals surface area contributed by atoms with Crippen LogP contribution in [-0.2, 0) is 14.8 Å². The van der Waals surface area contributed by atoms with Gasteiger partial charge in [-0.3, -0.25) is 4.79 Å². The number of rotatable bonds is 6. The molecule has 1 saturated carbocycles. The number of hydrogen-bond acceptors (Lipinski definition) is 5. The molecule has 7 nitrogen and oxygen atoms in total. The zero-order valence-corrected chi connectivity index (χ0v) is 17.0. The number of nitrogens with two attached hydrogens (primary N) is 1. The fourth-order valence-corrected chi connectivity index (χ4v) is 5.28. The lowest BCUT2D eigenvalue weighted by Gasteiger charge is -2.34. The molecular weight excluding hydrogens is 366 g/mol. The molecule has 3 rings (SSSR count). The average Bonchev–Trinajstić information content (AvgIpc) is 3.46. The van der Waals surface area contributed by atoms with Crippen LogP contribution in [0.15, 0.2) is 29.2 Å². The molecule has 2 fully saturated rings. The van der Waals surface area contributed by atoms with E-state index in [1.54, 1.807) is 12.1 Å². The molecule has 8 heteroatoms. The van der Waals surface area contributed by atoms with Crippen molar-refractivity contribution in [3.05, 3.63) is 29.8 Å². The Balaban J connectivity index is 1.81. The molecule has 1 aromatic carbocycles. The minimum atomic E-state index is -3.69. The zero-order valence-electron chi connectivity index (χ0n) is 16.1. The molecule has 3 N–H and O–H groups in total. The quantitative estimate of drug-likeness (QED) is 0.757. The van der Waals surface area contributed by atoms with Gasteiger partial charge in [0.05, 0.1) is 22.6 Å². The summed E-state index contributed by atoms with van der Waals surface area (Å²) < 4.78 is 33.1. The van der Waals surface area contributed by atoms with Crippen LogP contribution in [0.1, 0.15) is 44.0 Å². The van der Waals surface area contributed by atoms with E-state index in [0.717, 1.165) is 12.8 Å². The molecule has 1 amide bonds. The van der Waals surface area contributed by atoms with Gasteiger partial charge in [0.2, 0.25) is 10.0 Å². The first kappa shape index (κ1) is 20.3. The van der Waals surface area contributed by atoms with Crippen LogP contribution in [0.4, 0.5) is 0 Å². The van der Waals surface area contributed by atoms with Gasteiger partial charge in [0, 0.05) is 25.2 Å². The van der Waals surface area contributed by atoms with Gasteiger partial charge in [0.25, 0.3) is 5.91 Å². The first-order chi connectivity index (χ1) is 12.7. The maximum atomic E-state index is 13.0. The number of benzene rings is 1. The van der Waals surface area contributed by atoms with Crippen LogP contribution >= 0.6 is 0 Å². The predicted octanol–water partition coefficient (Wildman–Crippen LogP) is 1.34. The monoisotopic (exact) mass is 395 g/mol. The second kappa shape index (κ2) is 7.50. The summed E-state index contributed by atoms with van der Waals surface area (Å²) in [5.41, 5.74) is 5.74. The van der Waals surface area contributed by atoms with E-state index >= 15 is 0 Å². The Labute approximate surface area is 161 Å². The maximum Gasteiger partial charge on any atom is 0.251 e. The number of nitrogens with one attached hydrogen (secondary N) is 1. The molecule has 2 aliphatic rings.